The number of ether oxygens (including phenoxy) is 1. The molecule has 126 valence electrons. The lowest BCUT2D eigenvalue weighted by Crippen LogP contribution is -1.99. The monoisotopic (exact) mass is 323 g/mol. The first-order chi connectivity index (χ1) is 11.6. The Morgan fingerprint density at radius 2 is 1.71 bits per heavy atom. The number of allylic oxidation sites excluding steroid dienone is 1. The van der Waals surface area contributed by atoms with Crippen LogP contribution in [0, 0.1) is 13.8 Å². The lowest BCUT2D eigenvalue weighted by Gasteiger charge is -2.13. The summed E-state index contributed by atoms with van der Waals surface area (Å²) in [6, 6.07) is 12.6. The van der Waals surface area contributed by atoms with E-state index in [-0.39, 0.29) is 0 Å². The smallest absolute Gasteiger partial charge is 0.120 e. The van der Waals surface area contributed by atoms with E-state index in [0.29, 0.717) is 6.61 Å². The summed E-state index contributed by atoms with van der Waals surface area (Å²) in [5.74, 6) is 0.929. The second kappa shape index (κ2) is 8.92. The molecule has 2 rings (SSSR count). The van der Waals surface area contributed by atoms with Crippen molar-refractivity contribution in [3.05, 3.63) is 76.4 Å². The predicted molar refractivity (Wildman–Crippen MR) is 100 cm³/mol. The minimum Gasteiger partial charge on any atom is -0.490 e. The Morgan fingerprint density at radius 1 is 1.04 bits per heavy atom. The van der Waals surface area contributed by atoms with Gasteiger partial charge in [-0.3, -0.25) is 0 Å². The van der Waals surface area contributed by atoms with Crippen LogP contribution in [-0.4, -0.2) is 19.9 Å². The van der Waals surface area contributed by atoms with Crippen LogP contribution in [0.1, 0.15) is 34.7 Å². The standard InChI is InChI=1S/C21H25NO2/c1-5-6-11-24-20-12-16(2)21(17(3)13-20)14-18-7-9-19(10-8-18)15-22-23-4/h5-10,12-13,15H,11,14H2,1-4H3/b6-5+,22-15?. The predicted octanol–water partition coefficient (Wildman–Crippen LogP) is 4.83. The summed E-state index contributed by atoms with van der Waals surface area (Å²) in [5, 5.41) is 3.78. The Kier molecular flexibility index (Phi) is 6.62. The lowest BCUT2D eigenvalue weighted by atomic mass is 9.95. The van der Waals surface area contributed by atoms with E-state index in [9.17, 15) is 0 Å². The van der Waals surface area contributed by atoms with Gasteiger partial charge in [0.1, 0.15) is 19.5 Å². The van der Waals surface area contributed by atoms with Gasteiger partial charge in [-0.15, -0.1) is 0 Å². The molecule has 0 saturated carbocycles. The molecular weight excluding hydrogens is 298 g/mol. The van der Waals surface area contributed by atoms with Crippen LogP contribution in [0.25, 0.3) is 0 Å². The Labute approximate surface area is 144 Å². The van der Waals surface area contributed by atoms with Crippen LogP contribution < -0.4 is 4.74 Å². The van der Waals surface area contributed by atoms with Gasteiger partial charge in [0.25, 0.3) is 0 Å². The molecule has 0 bridgehead atoms. The minimum atomic E-state index is 0.610. The van der Waals surface area contributed by atoms with Crippen LogP contribution in [0.15, 0.2) is 53.7 Å². The second-order valence-electron chi connectivity index (χ2n) is 5.75. The molecule has 2 aromatic carbocycles. The third-order valence-corrected chi connectivity index (χ3v) is 3.92. The van der Waals surface area contributed by atoms with Crippen molar-refractivity contribution in [3.63, 3.8) is 0 Å². The van der Waals surface area contributed by atoms with E-state index >= 15 is 0 Å². The fourth-order valence-corrected chi connectivity index (χ4v) is 2.60. The van der Waals surface area contributed by atoms with E-state index in [1.807, 2.05) is 19.1 Å². The average molecular weight is 323 g/mol. The summed E-state index contributed by atoms with van der Waals surface area (Å²) < 4.78 is 5.75. The average Bonchev–Trinajstić information content (AvgIpc) is 2.57. The molecule has 0 heterocycles. The molecule has 0 aliphatic rings. The van der Waals surface area contributed by atoms with Gasteiger partial charge < -0.3 is 9.57 Å². The van der Waals surface area contributed by atoms with E-state index < -0.39 is 0 Å². The Hall–Kier alpha value is -2.55. The zero-order valence-corrected chi connectivity index (χ0v) is 14.9. The quantitative estimate of drug-likeness (QED) is 0.415. The number of hydrogen-bond donors (Lipinski definition) is 0. The van der Waals surface area contributed by atoms with Gasteiger partial charge in [-0.2, -0.15) is 0 Å². The highest BCUT2D eigenvalue weighted by Crippen LogP contribution is 2.24. The van der Waals surface area contributed by atoms with E-state index in [2.05, 4.69) is 55.4 Å². The van der Waals surface area contributed by atoms with Crippen LogP contribution >= 0.6 is 0 Å². The van der Waals surface area contributed by atoms with Crippen molar-refractivity contribution in [2.75, 3.05) is 13.7 Å². The SMILES string of the molecule is C/C=C/COc1cc(C)c(Cc2ccc(C=NOC)cc2)c(C)c1. The molecule has 0 N–H and O–H groups in total. The number of rotatable bonds is 7. The maximum Gasteiger partial charge on any atom is 0.120 e. The molecule has 0 aliphatic heterocycles. The number of oxime groups is 1. The van der Waals surface area contributed by atoms with Gasteiger partial charge in [0.05, 0.1) is 6.21 Å². The Morgan fingerprint density at radius 3 is 2.29 bits per heavy atom. The van der Waals surface area contributed by atoms with Gasteiger partial charge >= 0.3 is 0 Å². The van der Waals surface area contributed by atoms with Gasteiger partial charge in [0.2, 0.25) is 0 Å². The molecule has 0 fully saturated rings. The van der Waals surface area contributed by atoms with Crippen molar-refractivity contribution >= 4 is 6.21 Å². The lowest BCUT2D eigenvalue weighted by molar-refractivity contribution is 0.215. The van der Waals surface area contributed by atoms with Crippen LogP contribution in [0.2, 0.25) is 0 Å². The molecule has 0 saturated heterocycles. The molecule has 0 spiro atoms. The molecule has 0 radical (unpaired) electrons. The fourth-order valence-electron chi connectivity index (χ4n) is 2.60. The Bertz CT molecular complexity index is 692. The first-order valence-electron chi connectivity index (χ1n) is 8.13. The summed E-state index contributed by atoms with van der Waals surface area (Å²) in [7, 11) is 1.54. The van der Waals surface area contributed by atoms with E-state index in [4.69, 9.17) is 9.57 Å². The number of benzene rings is 2. The van der Waals surface area contributed by atoms with Gasteiger partial charge in [-0.1, -0.05) is 41.6 Å². The molecule has 0 aromatic heterocycles. The molecule has 0 atom stereocenters. The highest BCUT2D eigenvalue weighted by atomic mass is 16.6. The third-order valence-electron chi connectivity index (χ3n) is 3.92. The fraction of sp³-hybridized carbons (Fsp3) is 0.286. The van der Waals surface area contributed by atoms with Crippen LogP contribution in [0.5, 0.6) is 5.75 Å². The third kappa shape index (κ3) is 4.98. The van der Waals surface area contributed by atoms with Crippen LogP contribution in [0.3, 0.4) is 0 Å². The molecule has 0 amide bonds. The zero-order valence-electron chi connectivity index (χ0n) is 14.9. The van der Waals surface area contributed by atoms with Gasteiger partial charge in [0, 0.05) is 0 Å². The Balaban J connectivity index is 2.13. The topological polar surface area (TPSA) is 30.8 Å². The molecule has 24 heavy (non-hydrogen) atoms. The van der Waals surface area contributed by atoms with E-state index in [1.165, 1.54) is 22.3 Å². The summed E-state index contributed by atoms with van der Waals surface area (Å²) in [5.41, 5.74) is 6.18. The molecule has 2 aromatic rings. The molecule has 0 aliphatic carbocycles. The number of aryl methyl sites for hydroxylation is 2. The highest BCUT2D eigenvalue weighted by Gasteiger charge is 2.07. The molecule has 3 heteroatoms. The van der Waals surface area contributed by atoms with Crippen molar-refractivity contribution in [2.45, 2.75) is 27.2 Å². The summed E-state index contributed by atoms with van der Waals surface area (Å²) in [6.07, 6.45) is 6.62. The summed E-state index contributed by atoms with van der Waals surface area (Å²) in [4.78, 5) is 4.70. The first-order valence-corrected chi connectivity index (χ1v) is 8.13. The van der Waals surface area contributed by atoms with E-state index in [1.54, 1.807) is 13.3 Å². The second-order valence-corrected chi connectivity index (χ2v) is 5.75. The van der Waals surface area contributed by atoms with Crippen molar-refractivity contribution in [3.8, 4) is 5.75 Å². The van der Waals surface area contributed by atoms with Crippen molar-refractivity contribution < 1.29 is 9.57 Å². The molecule has 3 nitrogen and oxygen atoms in total. The minimum absolute atomic E-state index is 0.610. The largest absolute Gasteiger partial charge is 0.490 e. The normalized spacial score (nSPS) is 11.3. The van der Waals surface area contributed by atoms with Crippen molar-refractivity contribution in [1.29, 1.82) is 0 Å². The molecule has 0 unspecified atom stereocenters. The zero-order chi connectivity index (χ0) is 17.4. The van der Waals surface area contributed by atoms with Crippen LogP contribution in [0.4, 0.5) is 0 Å². The molecular formula is C21H25NO2. The van der Waals surface area contributed by atoms with Crippen molar-refractivity contribution in [1.82, 2.24) is 0 Å². The van der Waals surface area contributed by atoms with Gasteiger partial charge in [-0.05, 0) is 67.1 Å². The van der Waals surface area contributed by atoms with Crippen LogP contribution in [-0.2, 0) is 11.3 Å². The van der Waals surface area contributed by atoms with Crippen molar-refractivity contribution in [2.24, 2.45) is 5.16 Å². The summed E-state index contributed by atoms with van der Waals surface area (Å²) >= 11 is 0. The number of nitrogens with zero attached hydrogens (tertiary/aromatic N) is 1. The van der Waals surface area contributed by atoms with E-state index in [0.717, 1.165) is 17.7 Å². The van der Waals surface area contributed by atoms with Gasteiger partial charge in [-0.25, -0.2) is 0 Å². The first kappa shape index (κ1) is 17.8. The number of hydrogen-bond acceptors (Lipinski definition) is 3. The highest BCUT2D eigenvalue weighted by molar-refractivity contribution is 5.79. The van der Waals surface area contributed by atoms with Gasteiger partial charge in [0.15, 0.2) is 0 Å². The maximum atomic E-state index is 5.75. The maximum absolute atomic E-state index is 5.75. The summed E-state index contributed by atoms with van der Waals surface area (Å²) in [6.45, 7) is 6.89.